The number of hydrogen-bond acceptors (Lipinski definition) is 6. The van der Waals surface area contributed by atoms with Crippen LogP contribution in [0.1, 0.15) is 194 Å². The highest BCUT2D eigenvalue weighted by molar-refractivity contribution is 7.02. The van der Waals surface area contributed by atoms with Crippen LogP contribution in [0.15, 0.2) is 291 Å². The Balaban J connectivity index is 0.962. The lowest BCUT2D eigenvalue weighted by Gasteiger charge is -2.50. The van der Waals surface area contributed by atoms with Crippen LogP contribution in [0.5, 0.6) is 0 Å². The number of hydrogen-bond donors (Lipinski definition) is 0. The van der Waals surface area contributed by atoms with E-state index in [2.05, 4.69) is 480 Å². The fourth-order valence-corrected chi connectivity index (χ4v) is 22.4. The minimum absolute atomic E-state index is 0.0509. The Bertz CT molecular complexity index is 6710. The molecule has 0 bridgehead atoms. The highest BCUT2D eigenvalue weighted by Gasteiger charge is 2.55. The molecule has 0 atom stereocenters. The average molecular weight is 1660 g/mol. The summed E-state index contributed by atoms with van der Waals surface area (Å²) in [5, 5.41) is 0. The van der Waals surface area contributed by atoms with Crippen molar-refractivity contribution in [1.82, 2.24) is 0 Å². The highest BCUT2D eigenvalue weighted by atomic mass is 15.2. The van der Waals surface area contributed by atoms with Gasteiger partial charge in [-0.25, -0.2) is 0 Å². The van der Waals surface area contributed by atoms with Gasteiger partial charge in [-0.05, 0) is 338 Å². The summed E-state index contributed by atoms with van der Waals surface area (Å²) in [4.78, 5) is 15.9. The molecular weight excluding hydrogens is 1550 g/mol. The van der Waals surface area contributed by atoms with E-state index < -0.39 is 5.41 Å². The zero-order valence-corrected chi connectivity index (χ0v) is 79.1. The van der Waals surface area contributed by atoms with Crippen LogP contribution < -0.4 is 78.6 Å². The van der Waals surface area contributed by atoms with E-state index in [1.807, 2.05) is 0 Å². The smallest absolute Gasteiger partial charge is 0.252 e. The van der Waals surface area contributed by atoms with E-state index in [-0.39, 0.29) is 47.2 Å². The van der Waals surface area contributed by atoms with Crippen molar-refractivity contribution in [2.75, 3.05) is 29.4 Å². The zero-order valence-electron chi connectivity index (χ0n) is 79.1. The van der Waals surface area contributed by atoms with Gasteiger partial charge in [-0.2, -0.15) is 0 Å². The first-order chi connectivity index (χ1) is 60.9. The Morgan fingerprint density at radius 2 is 0.367 bits per heavy atom. The van der Waals surface area contributed by atoms with Crippen molar-refractivity contribution in [3.05, 3.63) is 375 Å². The van der Waals surface area contributed by atoms with E-state index in [9.17, 15) is 0 Å². The molecule has 0 saturated carbocycles. The molecule has 0 unspecified atom stereocenters. The molecule has 6 aliphatic heterocycles. The molecule has 15 aromatic rings. The molecule has 6 nitrogen and oxygen atoms in total. The molecule has 632 valence electrons. The molecule has 128 heavy (non-hydrogen) atoms. The molecule has 6 heterocycles. The molecule has 0 amide bonds. The summed E-state index contributed by atoms with van der Waals surface area (Å²) < 4.78 is 0. The van der Waals surface area contributed by atoms with E-state index in [0.29, 0.717) is 0 Å². The van der Waals surface area contributed by atoms with Gasteiger partial charge in [-0.15, -0.1) is 0 Å². The molecule has 9 heteroatoms. The van der Waals surface area contributed by atoms with Crippen molar-refractivity contribution in [3.8, 4) is 0 Å². The Morgan fingerprint density at radius 3 is 0.578 bits per heavy atom. The van der Waals surface area contributed by atoms with Crippen LogP contribution in [0, 0.1) is 48.5 Å². The largest absolute Gasteiger partial charge is 0.311 e. The number of aryl methyl sites for hydroxylation is 7. The molecule has 0 N–H and O–H groups in total. The summed E-state index contributed by atoms with van der Waals surface area (Å²) in [7, 11) is 0. The van der Waals surface area contributed by atoms with E-state index >= 15 is 0 Å². The van der Waals surface area contributed by atoms with Gasteiger partial charge in [0.15, 0.2) is 0 Å². The van der Waals surface area contributed by atoms with Crippen LogP contribution in [0.4, 0.5) is 102 Å². The summed E-state index contributed by atoms with van der Waals surface area (Å²) in [6.45, 7) is 53.2. The third-order valence-corrected chi connectivity index (χ3v) is 29.1. The monoisotopic (exact) mass is 1660 g/mol. The van der Waals surface area contributed by atoms with E-state index in [1.165, 1.54) is 201 Å². The number of anilines is 18. The molecule has 0 saturated heterocycles. The zero-order chi connectivity index (χ0) is 89.4. The molecule has 0 aliphatic carbocycles. The fourth-order valence-electron chi connectivity index (χ4n) is 22.4. The molecule has 0 radical (unpaired) electrons. The average Bonchev–Trinajstić information content (AvgIpc) is 0.674. The number of nitrogens with zero attached hydrogens (tertiary/aromatic N) is 6. The van der Waals surface area contributed by atoms with Crippen molar-refractivity contribution >= 4 is 172 Å². The topological polar surface area (TPSA) is 19.4 Å². The summed E-state index contributed by atoms with van der Waals surface area (Å²) in [5.41, 5.74) is 49.5. The van der Waals surface area contributed by atoms with Crippen LogP contribution in [-0.2, 0) is 32.5 Å². The van der Waals surface area contributed by atoms with Gasteiger partial charge in [0.05, 0.1) is 0 Å². The number of rotatable bonds is 9. The first kappa shape index (κ1) is 82.3. The second kappa shape index (κ2) is 29.2. The van der Waals surface area contributed by atoms with Gasteiger partial charge in [0, 0.05) is 108 Å². The second-order valence-corrected chi connectivity index (χ2v) is 43.3. The van der Waals surface area contributed by atoms with Crippen molar-refractivity contribution in [3.63, 3.8) is 0 Å². The summed E-state index contributed by atoms with van der Waals surface area (Å²) >= 11 is 0. The fraction of sp³-hybridized carbons (Fsp3) is 0.244. The third-order valence-electron chi connectivity index (χ3n) is 29.1. The minimum Gasteiger partial charge on any atom is -0.311 e. The lowest BCUT2D eigenvalue weighted by molar-refractivity contribution is 0.590. The van der Waals surface area contributed by atoms with E-state index in [4.69, 9.17) is 0 Å². The predicted octanol–water partition coefficient (Wildman–Crippen LogP) is 25.9. The van der Waals surface area contributed by atoms with Crippen molar-refractivity contribution in [2.45, 2.75) is 192 Å². The molecule has 15 aromatic carbocycles. The summed E-state index contributed by atoms with van der Waals surface area (Å²) in [6.07, 6.45) is 0. The molecule has 6 aliphatic rings. The Morgan fingerprint density at radius 1 is 0.172 bits per heavy atom. The maximum atomic E-state index is 2.71. The van der Waals surface area contributed by atoms with Gasteiger partial charge >= 0.3 is 0 Å². The molecule has 21 rings (SSSR count). The first-order valence-electron chi connectivity index (χ1n) is 46.5. The lowest BCUT2D eigenvalue weighted by atomic mass is 9.29. The third kappa shape index (κ3) is 12.9. The SMILES string of the molecule is Cc1ccc(N2c3ccc(C(C)(C)C)cc3B3c4c2cc(C)cc4N(c2ccc(C)cc2)c2cccc(C(C)(c4cccc5c4B4c6cc(C(C)(C)C)ccc6N(c6ccc(C(C)(C)C)cc6)c6cc(C)cc(c64)N5c4ccc(C)cc4)c4cccc5c4B4c6cc(C(C)(C)C)ccc6N(c6ccc(C(C)(C)C)cc6)c6cc(C)cc(c64)N5c4ccc(C)cc4)c23)cc1. The Labute approximate surface area is 762 Å². The van der Waals surface area contributed by atoms with E-state index in [1.54, 1.807) is 0 Å². The number of benzene rings is 15. The van der Waals surface area contributed by atoms with Crippen molar-refractivity contribution < 1.29 is 0 Å². The van der Waals surface area contributed by atoms with Gasteiger partial charge in [-0.3, -0.25) is 0 Å². The van der Waals surface area contributed by atoms with Crippen LogP contribution in [0.3, 0.4) is 0 Å². The van der Waals surface area contributed by atoms with Gasteiger partial charge < -0.3 is 29.4 Å². The second-order valence-electron chi connectivity index (χ2n) is 43.3. The standard InChI is InChI=1S/C119H117B3N6/c1-72-33-48-84(49-34-72)123-96-60-45-81(116(14,15)16)69-93(96)120-108-90(27-24-30-99(108)126(85-50-35-73(2)36-51-85)105-66-76(5)63-102(123)111(105)120)119(23,91-28-25-31-100-109(91)121-94-70-82(117(17,18)19)46-61-97(94)124(88-56-41-79(42-57-88)114(8,9)10)103-64-77(6)67-106(112(103)121)127(100)86-52-37-74(3)38-53-86)92-29-26-32-101-110(92)122-95-71-83(118(20,21)22)47-62-98(95)125(89-58-43-80(44-59-89)115(11,12)13)104-65-78(7)68-107(113(104)122)128(101)87-54-39-75(4)40-55-87/h24-71H,1-23H3. The van der Waals surface area contributed by atoms with Gasteiger partial charge in [0.1, 0.15) is 0 Å². The molecule has 0 spiro atoms. The van der Waals surface area contributed by atoms with Gasteiger partial charge in [-0.1, -0.05) is 272 Å². The van der Waals surface area contributed by atoms with Crippen molar-refractivity contribution in [1.29, 1.82) is 0 Å². The van der Waals surface area contributed by atoms with Crippen molar-refractivity contribution in [2.24, 2.45) is 0 Å². The lowest BCUT2D eigenvalue weighted by Crippen LogP contribution is -2.66. The van der Waals surface area contributed by atoms with Crippen LogP contribution in [0.25, 0.3) is 0 Å². The quantitative estimate of drug-likeness (QED) is 0.105. The normalized spacial score (nSPS) is 14.2. The van der Waals surface area contributed by atoms with E-state index in [0.717, 1.165) is 34.1 Å². The Hall–Kier alpha value is -12.7. The van der Waals surface area contributed by atoms with Crippen LogP contribution >= 0.6 is 0 Å². The van der Waals surface area contributed by atoms with Crippen LogP contribution in [0.2, 0.25) is 0 Å². The molecule has 0 fully saturated rings. The molecular formula is C119H117B3N6. The Kier molecular flexibility index (Phi) is 18.7. The van der Waals surface area contributed by atoms with Gasteiger partial charge in [0.2, 0.25) is 0 Å². The maximum Gasteiger partial charge on any atom is 0.252 e. The minimum atomic E-state index is -1.09. The van der Waals surface area contributed by atoms with Crippen LogP contribution in [-0.4, -0.2) is 20.1 Å². The summed E-state index contributed by atoms with van der Waals surface area (Å²) in [6, 6.07) is 117. The highest BCUT2D eigenvalue weighted by Crippen LogP contribution is 2.55. The first-order valence-corrected chi connectivity index (χ1v) is 46.5. The van der Waals surface area contributed by atoms with Gasteiger partial charge in [0.25, 0.3) is 20.1 Å². The molecule has 0 aromatic heterocycles. The number of fused-ring (bicyclic) bond motifs is 12. The summed E-state index contributed by atoms with van der Waals surface area (Å²) in [5.74, 6) is 0. The predicted molar refractivity (Wildman–Crippen MR) is 554 cm³/mol. The maximum absolute atomic E-state index is 2.71.